The summed E-state index contributed by atoms with van der Waals surface area (Å²) >= 11 is 6.15. The van der Waals surface area contributed by atoms with Crippen molar-refractivity contribution in [3.63, 3.8) is 0 Å². The zero-order valence-corrected chi connectivity index (χ0v) is 15.0. The zero-order chi connectivity index (χ0) is 18.1. The maximum Gasteiger partial charge on any atom is 0.411 e. The molecule has 0 aromatic heterocycles. The number of hydrogen-bond acceptors (Lipinski definition) is 4. The molecule has 0 unspecified atom stereocenters. The van der Waals surface area contributed by atoms with Crippen LogP contribution in [0.3, 0.4) is 0 Å². The molecule has 0 radical (unpaired) electrons. The molecule has 1 saturated heterocycles. The number of carboxylic acid groups (broad SMARTS) is 1. The van der Waals surface area contributed by atoms with E-state index < -0.39 is 29.8 Å². The highest BCUT2D eigenvalue weighted by atomic mass is 35.5. The molecule has 1 N–H and O–H groups in total. The summed E-state index contributed by atoms with van der Waals surface area (Å²) in [7, 11) is 0. The van der Waals surface area contributed by atoms with Crippen LogP contribution in [0.2, 0.25) is 5.02 Å². The van der Waals surface area contributed by atoms with E-state index in [1.807, 2.05) is 13.0 Å². The van der Waals surface area contributed by atoms with Crippen molar-refractivity contribution in [3.05, 3.63) is 28.8 Å². The van der Waals surface area contributed by atoms with Gasteiger partial charge in [-0.3, -0.25) is 4.90 Å². The lowest BCUT2D eigenvalue weighted by Gasteiger charge is -2.26. The van der Waals surface area contributed by atoms with Crippen molar-refractivity contribution in [1.82, 2.24) is 4.90 Å². The minimum absolute atomic E-state index is 0.135. The van der Waals surface area contributed by atoms with Crippen LogP contribution in [0.15, 0.2) is 18.2 Å². The Balaban J connectivity index is 2.11. The van der Waals surface area contributed by atoms with E-state index in [4.69, 9.17) is 21.1 Å². The van der Waals surface area contributed by atoms with Gasteiger partial charge in [-0.05, 0) is 45.4 Å². The molecule has 6 nitrogen and oxygen atoms in total. The Labute approximate surface area is 146 Å². The van der Waals surface area contributed by atoms with E-state index in [-0.39, 0.29) is 13.0 Å². The van der Waals surface area contributed by atoms with E-state index in [0.717, 1.165) is 5.56 Å². The molecule has 7 heteroatoms. The first-order chi connectivity index (χ1) is 11.1. The minimum atomic E-state index is -1.08. The van der Waals surface area contributed by atoms with Crippen molar-refractivity contribution in [2.75, 3.05) is 6.54 Å². The highest BCUT2D eigenvalue weighted by molar-refractivity contribution is 6.32. The van der Waals surface area contributed by atoms with Crippen LogP contribution in [0.1, 0.15) is 32.8 Å². The van der Waals surface area contributed by atoms with E-state index in [1.165, 1.54) is 4.90 Å². The van der Waals surface area contributed by atoms with E-state index in [2.05, 4.69) is 0 Å². The van der Waals surface area contributed by atoms with Gasteiger partial charge >= 0.3 is 12.1 Å². The fraction of sp³-hybridized carbons (Fsp3) is 0.529. The molecule has 1 amide bonds. The third-order valence-electron chi connectivity index (χ3n) is 3.56. The van der Waals surface area contributed by atoms with Crippen molar-refractivity contribution in [3.8, 4) is 5.75 Å². The van der Waals surface area contributed by atoms with Crippen molar-refractivity contribution in [1.29, 1.82) is 0 Å². The molecule has 0 bridgehead atoms. The van der Waals surface area contributed by atoms with Crippen LogP contribution in [0, 0.1) is 6.92 Å². The predicted molar refractivity (Wildman–Crippen MR) is 89.6 cm³/mol. The number of ether oxygens (including phenoxy) is 2. The van der Waals surface area contributed by atoms with Gasteiger partial charge < -0.3 is 14.6 Å². The van der Waals surface area contributed by atoms with Gasteiger partial charge in [0.1, 0.15) is 23.5 Å². The smallest absolute Gasteiger partial charge is 0.411 e. The Morgan fingerprint density at radius 2 is 2.00 bits per heavy atom. The molecule has 24 heavy (non-hydrogen) atoms. The first-order valence-electron chi connectivity index (χ1n) is 7.72. The van der Waals surface area contributed by atoms with Crippen LogP contribution in [-0.4, -0.2) is 46.4 Å². The van der Waals surface area contributed by atoms with Crippen molar-refractivity contribution >= 4 is 23.7 Å². The Bertz CT molecular complexity index is 640. The second-order valence-electron chi connectivity index (χ2n) is 6.90. The molecule has 1 aliphatic rings. The summed E-state index contributed by atoms with van der Waals surface area (Å²) in [6.45, 7) is 7.25. The number of nitrogens with zero attached hydrogens (tertiary/aromatic N) is 1. The van der Waals surface area contributed by atoms with Crippen LogP contribution >= 0.6 is 11.6 Å². The molecule has 0 spiro atoms. The Morgan fingerprint density at radius 3 is 2.54 bits per heavy atom. The normalized spacial score (nSPS) is 20.8. The lowest BCUT2D eigenvalue weighted by atomic mass is 10.2. The SMILES string of the molecule is Cc1ccc(O[C@H]2C[C@@H](C(=O)O)N(C(=O)OC(C)(C)C)C2)c(Cl)c1. The van der Waals surface area contributed by atoms with E-state index in [9.17, 15) is 14.7 Å². The topological polar surface area (TPSA) is 76.1 Å². The number of amides is 1. The predicted octanol–water partition coefficient (Wildman–Crippen LogP) is 3.49. The molecule has 1 aromatic rings. The Morgan fingerprint density at radius 1 is 1.33 bits per heavy atom. The van der Waals surface area contributed by atoms with E-state index in [0.29, 0.717) is 10.8 Å². The summed E-state index contributed by atoms with van der Waals surface area (Å²) in [5.41, 5.74) is 0.303. The van der Waals surface area contributed by atoms with Gasteiger partial charge in [0.25, 0.3) is 0 Å². The number of likely N-dealkylation sites (tertiary alicyclic amines) is 1. The molecule has 2 atom stereocenters. The van der Waals surface area contributed by atoms with Crippen LogP contribution in [0.5, 0.6) is 5.75 Å². The summed E-state index contributed by atoms with van der Waals surface area (Å²) in [5.74, 6) is -0.607. The third-order valence-corrected chi connectivity index (χ3v) is 3.85. The molecule has 2 rings (SSSR count). The van der Waals surface area contributed by atoms with Crippen LogP contribution in [-0.2, 0) is 9.53 Å². The molecule has 0 aliphatic carbocycles. The molecular weight excluding hydrogens is 334 g/mol. The average Bonchev–Trinajstić information content (AvgIpc) is 2.84. The highest BCUT2D eigenvalue weighted by Crippen LogP contribution is 2.30. The number of rotatable bonds is 3. The van der Waals surface area contributed by atoms with Gasteiger partial charge in [-0.25, -0.2) is 9.59 Å². The van der Waals surface area contributed by atoms with E-state index >= 15 is 0 Å². The number of aliphatic carboxylic acids is 1. The number of carbonyl (C=O) groups is 2. The van der Waals surface area contributed by atoms with E-state index in [1.54, 1.807) is 32.9 Å². The molecule has 1 aromatic carbocycles. The highest BCUT2D eigenvalue weighted by Gasteiger charge is 2.42. The lowest BCUT2D eigenvalue weighted by Crippen LogP contribution is -2.43. The van der Waals surface area contributed by atoms with Crippen molar-refractivity contribution < 1.29 is 24.2 Å². The summed E-state index contributed by atoms with van der Waals surface area (Å²) in [6.07, 6.45) is -0.937. The fourth-order valence-electron chi connectivity index (χ4n) is 2.52. The summed E-state index contributed by atoms with van der Waals surface area (Å²) in [4.78, 5) is 24.9. The number of aryl methyl sites for hydroxylation is 1. The number of carbonyl (C=O) groups excluding carboxylic acids is 1. The molecule has 0 saturated carbocycles. The largest absolute Gasteiger partial charge is 0.487 e. The Kier molecular flexibility index (Phi) is 5.28. The number of benzene rings is 1. The summed E-state index contributed by atoms with van der Waals surface area (Å²) in [5, 5.41) is 9.83. The second kappa shape index (κ2) is 6.89. The van der Waals surface area contributed by atoms with Crippen molar-refractivity contribution in [2.45, 2.75) is 51.9 Å². The van der Waals surface area contributed by atoms with Gasteiger partial charge in [0, 0.05) is 6.42 Å². The van der Waals surface area contributed by atoms with Gasteiger partial charge in [-0.1, -0.05) is 17.7 Å². The molecule has 1 heterocycles. The summed E-state index contributed by atoms with van der Waals surface area (Å²) < 4.78 is 11.1. The van der Waals surface area contributed by atoms with Gasteiger partial charge in [0.2, 0.25) is 0 Å². The maximum atomic E-state index is 12.2. The zero-order valence-electron chi connectivity index (χ0n) is 14.2. The minimum Gasteiger partial charge on any atom is -0.487 e. The molecule has 132 valence electrons. The quantitative estimate of drug-likeness (QED) is 0.898. The molecule has 1 fully saturated rings. The first kappa shape index (κ1) is 18.4. The average molecular weight is 356 g/mol. The van der Waals surface area contributed by atoms with Gasteiger partial charge in [-0.2, -0.15) is 0 Å². The standard InChI is InChI=1S/C17H22ClNO5/c1-10-5-6-14(12(18)7-10)23-11-8-13(15(20)21)19(9-11)16(22)24-17(2,3)4/h5-7,11,13H,8-9H2,1-4H3,(H,20,21)/t11-,13-/m0/s1. The summed E-state index contributed by atoms with van der Waals surface area (Å²) in [6, 6.07) is 4.39. The number of hydrogen-bond donors (Lipinski definition) is 1. The fourth-order valence-corrected chi connectivity index (χ4v) is 2.80. The van der Waals surface area contributed by atoms with Gasteiger partial charge in [-0.15, -0.1) is 0 Å². The molecular formula is C17H22ClNO5. The van der Waals surface area contributed by atoms with Crippen LogP contribution < -0.4 is 4.74 Å². The molecule has 1 aliphatic heterocycles. The number of carboxylic acids is 1. The van der Waals surface area contributed by atoms with Gasteiger partial charge in [0.05, 0.1) is 11.6 Å². The second-order valence-corrected chi connectivity index (χ2v) is 7.30. The number of halogens is 1. The van der Waals surface area contributed by atoms with Crippen molar-refractivity contribution in [2.24, 2.45) is 0 Å². The third kappa shape index (κ3) is 4.54. The van der Waals surface area contributed by atoms with Crippen LogP contribution in [0.4, 0.5) is 4.79 Å². The van der Waals surface area contributed by atoms with Gasteiger partial charge in [0.15, 0.2) is 0 Å². The maximum absolute atomic E-state index is 12.2. The monoisotopic (exact) mass is 355 g/mol. The lowest BCUT2D eigenvalue weighted by molar-refractivity contribution is -0.142. The Hall–Kier alpha value is -1.95. The van der Waals surface area contributed by atoms with Crippen LogP contribution in [0.25, 0.3) is 0 Å². The first-order valence-corrected chi connectivity index (χ1v) is 8.10.